The summed E-state index contributed by atoms with van der Waals surface area (Å²) in [7, 11) is 1.82. The van der Waals surface area contributed by atoms with Crippen LogP contribution in [0.15, 0.2) is 40.7 Å². The first-order valence-corrected chi connectivity index (χ1v) is 10.1. The Morgan fingerprint density at radius 3 is 2.65 bits per heavy atom. The molecule has 2 heterocycles. The Hall–Kier alpha value is -1.92. The lowest BCUT2D eigenvalue weighted by Crippen LogP contribution is -2.48. The van der Waals surface area contributed by atoms with Gasteiger partial charge in [0.2, 0.25) is 0 Å². The van der Waals surface area contributed by atoms with E-state index in [-0.39, 0.29) is 5.41 Å². The highest BCUT2D eigenvalue weighted by Gasteiger charge is 2.34. The molecule has 140 valence electrons. The van der Waals surface area contributed by atoms with Gasteiger partial charge in [-0.25, -0.2) is 4.98 Å². The van der Waals surface area contributed by atoms with E-state index in [1.165, 1.54) is 5.56 Å². The second kappa shape index (κ2) is 9.14. The van der Waals surface area contributed by atoms with E-state index >= 15 is 0 Å². The van der Waals surface area contributed by atoms with Crippen molar-refractivity contribution in [2.24, 2.45) is 4.99 Å². The number of nitrogens with one attached hydrogen (secondary N) is 2. The summed E-state index contributed by atoms with van der Waals surface area (Å²) in [6, 6.07) is 10.8. The summed E-state index contributed by atoms with van der Waals surface area (Å²) >= 11 is 1.70. The molecule has 1 saturated heterocycles. The van der Waals surface area contributed by atoms with E-state index in [1.807, 2.05) is 14.0 Å². The summed E-state index contributed by atoms with van der Waals surface area (Å²) in [6.45, 7) is 5.34. The summed E-state index contributed by atoms with van der Waals surface area (Å²) in [5.41, 5.74) is 2.62. The first kappa shape index (κ1) is 18.9. The Bertz CT molecular complexity index is 708. The Kier molecular flexibility index (Phi) is 6.63. The predicted molar refractivity (Wildman–Crippen MR) is 108 cm³/mol. The van der Waals surface area contributed by atoms with Gasteiger partial charge in [-0.2, -0.15) is 0 Å². The van der Waals surface area contributed by atoms with Crippen LogP contribution in [0.1, 0.15) is 29.1 Å². The van der Waals surface area contributed by atoms with Crippen LogP contribution in [0.4, 0.5) is 0 Å². The number of hydrogen-bond acceptors (Lipinski definition) is 4. The fraction of sp³-hybridized carbons (Fsp3) is 0.500. The molecule has 0 atom stereocenters. The predicted octanol–water partition coefficient (Wildman–Crippen LogP) is 2.91. The molecule has 0 saturated carbocycles. The SMILES string of the molecule is CN=C(NCCc1csc(C)n1)NCC1(c2ccccc2)CCOCC1. The van der Waals surface area contributed by atoms with Gasteiger partial charge < -0.3 is 15.4 Å². The van der Waals surface area contributed by atoms with Gasteiger partial charge in [0.05, 0.1) is 10.7 Å². The third-order valence-corrected chi connectivity index (χ3v) is 5.82. The number of nitrogens with zero attached hydrogens (tertiary/aromatic N) is 2. The van der Waals surface area contributed by atoms with Crippen LogP contribution in [0.5, 0.6) is 0 Å². The molecule has 1 aliphatic rings. The van der Waals surface area contributed by atoms with Crippen LogP contribution in [0.25, 0.3) is 0 Å². The van der Waals surface area contributed by atoms with Crippen molar-refractivity contribution in [3.8, 4) is 0 Å². The van der Waals surface area contributed by atoms with Gasteiger partial charge in [-0.05, 0) is 25.3 Å². The molecule has 1 aromatic carbocycles. The lowest BCUT2D eigenvalue weighted by molar-refractivity contribution is 0.0514. The Morgan fingerprint density at radius 2 is 2.00 bits per heavy atom. The van der Waals surface area contributed by atoms with E-state index in [0.29, 0.717) is 0 Å². The Labute approximate surface area is 159 Å². The van der Waals surface area contributed by atoms with Crippen molar-refractivity contribution in [1.29, 1.82) is 0 Å². The molecule has 1 aromatic heterocycles. The quantitative estimate of drug-likeness (QED) is 0.605. The summed E-state index contributed by atoms with van der Waals surface area (Å²) in [6.07, 6.45) is 2.96. The molecule has 0 unspecified atom stereocenters. The summed E-state index contributed by atoms with van der Waals surface area (Å²) in [5, 5.41) is 10.2. The number of guanidine groups is 1. The van der Waals surface area contributed by atoms with Gasteiger partial charge in [0.25, 0.3) is 0 Å². The van der Waals surface area contributed by atoms with Crippen LogP contribution >= 0.6 is 11.3 Å². The van der Waals surface area contributed by atoms with Crippen molar-refractivity contribution >= 4 is 17.3 Å². The zero-order chi connectivity index (χ0) is 18.2. The first-order chi connectivity index (χ1) is 12.7. The third kappa shape index (κ3) is 4.83. The minimum Gasteiger partial charge on any atom is -0.381 e. The number of hydrogen-bond donors (Lipinski definition) is 2. The molecule has 26 heavy (non-hydrogen) atoms. The molecule has 2 N–H and O–H groups in total. The van der Waals surface area contributed by atoms with Crippen molar-refractivity contribution in [2.75, 3.05) is 33.4 Å². The zero-order valence-electron chi connectivity index (χ0n) is 15.6. The Morgan fingerprint density at radius 1 is 1.23 bits per heavy atom. The van der Waals surface area contributed by atoms with E-state index in [1.54, 1.807) is 11.3 Å². The van der Waals surface area contributed by atoms with Gasteiger partial charge in [-0.15, -0.1) is 11.3 Å². The molecule has 5 nitrogen and oxygen atoms in total. The van der Waals surface area contributed by atoms with Crippen molar-refractivity contribution in [3.05, 3.63) is 52.0 Å². The van der Waals surface area contributed by atoms with Gasteiger partial charge >= 0.3 is 0 Å². The maximum absolute atomic E-state index is 5.62. The van der Waals surface area contributed by atoms with E-state index < -0.39 is 0 Å². The molecule has 2 aromatic rings. The number of benzene rings is 1. The molecule has 0 aliphatic carbocycles. The van der Waals surface area contributed by atoms with Crippen LogP contribution in [0.2, 0.25) is 0 Å². The van der Waals surface area contributed by atoms with Crippen LogP contribution in [-0.2, 0) is 16.6 Å². The van der Waals surface area contributed by atoms with Crippen LogP contribution < -0.4 is 10.6 Å². The molecular weight excluding hydrogens is 344 g/mol. The molecule has 0 amide bonds. The molecule has 1 aliphatic heterocycles. The minimum absolute atomic E-state index is 0.100. The molecular formula is C20H28N4OS. The van der Waals surface area contributed by atoms with Crippen LogP contribution in [-0.4, -0.2) is 44.3 Å². The second-order valence-corrected chi connectivity index (χ2v) is 7.78. The number of ether oxygens (including phenoxy) is 1. The van der Waals surface area contributed by atoms with Crippen molar-refractivity contribution in [2.45, 2.75) is 31.6 Å². The fourth-order valence-corrected chi connectivity index (χ4v) is 4.07. The highest BCUT2D eigenvalue weighted by molar-refractivity contribution is 7.09. The summed E-state index contributed by atoms with van der Waals surface area (Å²) in [5.74, 6) is 0.846. The number of rotatable bonds is 6. The lowest BCUT2D eigenvalue weighted by Gasteiger charge is -2.38. The van der Waals surface area contributed by atoms with Gasteiger partial charge in [0.15, 0.2) is 5.96 Å². The monoisotopic (exact) mass is 372 g/mol. The van der Waals surface area contributed by atoms with Crippen molar-refractivity contribution < 1.29 is 4.74 Å². The van der Waals surface area contributed by atoms with Gasteiger partial charge in [-0.3, -0.25) is 4.99 Å². The summed E-state index contributed by atoms with van der Waals surface area (Å²) in [4.78, 5) is 8.89. The Balaban J connectivity index is 1.56. The topological polar surface area (TPSA) is 58.5 Å². The van der Waals surface area contributed by atoms with Gasteiger partial charge in [-0.1, -0.05) is 30.3 Å². The number of thiazole rings is 1. The normalized spacial score (nSPS) is 17.1. The molecule has 1 fully saturated rings. The van der Waals surface area contributed by atoms with Crippen molar-refractivity contribution in [3.63, 3.8) is 0 Å². The highest BCUT2D eigenvalue weighted by Crippen LogP contribution is 2.34. The lowest BCUT2D eigenvalue weighted by atomic mass is 9.74. The number of aromatic nitrogens is 1. The van der Waals surface area contributed by atoms with Crippen LogP contribution in [0, 0.1) is 6.92 Å². The van der Waals surface area contributed by atoms with E-state index in [0.717, 1.165) is 62.2 Å². The van der Waals surface area contributed by atoms with E-state index in [4.69, 9.17) is 4.74 Å². The minimum atomic E-state index is 0.100. The summed E-state index contributed by atoms with van der Waals surface area (Å²) < 4.78 is 5.62. The maximum atomic E-state index is 5.62. The third-order valence-electron chi connectivity index (χ3n) is 4.99. The highest BCUT2D eigenvalue weighted by atomic mass is 32.1. The van der Waals surface area contributed by atoms with E-state index in [2.05, 4.69) is 56.3 Å². The molecule has 6 heteroatoms. The molecule has 3 rings (SSSR count). The maximum Gasteiger partial charge on any atom is 0.191 e. The van der Waals surface area contributed by atoms with E-state index in [9.17, 15) is 0 Å². The first-order valence-electron chi connectivity index (χ1n) is 9.21. The zero-order valence-corrected chi connectivity index (χ0v) is 16.4. The standard InChI is InChI=1S/C20H28N4OS/c1-16-24-18(14-26-16)8-11-22-19(21-2)23-15-20(9-12-25-13-10-20)17-6-4-3-5-7-17/h3-7,14H,8-13,15H2,1-2H3,(H2,21,22,23). The molecule has 0 spiro atoms. The number of aliphatic imine (C=N–C) groups is 1. The molecule has 0 radical (unpaired) electrons. The van der Waals surface area contributed by atoms with Crippen LogP contribution in [0.3, 0.4) is 0 Å². The van der Waals surface area contributed by atoms with Gasteiger partial charge in [0.1, 0.15) is 0 Å². The number of aryl methyl sites for hydroxylation is 1. The average molecular weight is 373 g/mol. The smallest absolute Gasteiger partial charge is 0.191 e. The average Bonchev–Trinajstić information content (AvgIpc) is 3.11. The van der Waals surface area contributed by atoms with Gasteiger partial charge in [0, 0.05) is 50.6 Å². The second-order valence-electron chi connectivity index (χ2n) is 6.72. The largest absolute Gasteiger partial charge is 0.381 e. The van der Waals surface area contributed by atoms with Crippen molar-refractivity contribution in [1.82, 2.24) is 15.6 Å². The fourth-order valence-electron chi connectivity index (χ4n) is 3.43. The molecule has 0 bridgehead atoms.